The van der Waals surface area contributed by atoms with Crippen molar-refractivity contribution in [2.75, 3.05) is 31.7 Å². The van der Waals surface area contributed by atoms with E-state index in [1.54, 1.807) is 11.9 Å². The fraction of sp³-hybridized carbons (Fsp3) is 0.382. The summed E-state index contributed by atoms with van der Waals surface area (Å²) in [7, 11) is 1.77. The lowest BCUT2D eigenvalue weighted by Crippen LogP contribution is -2.47. The molecule has 0 spiro atoms. The average molecular weight is 572 g/mol. The number of cyclic esters (lactones) is 1. The summed E-state index contributed by atoms with van der Waals surface area (Å²) in [5.74, 6) is -0.381. The summed E-state index contributed by atoms with van der Waals surface area (Å²) >= 11 is 0. The molecule has 0 unspecified atom stereocenters. The molecule has 42 heavy (non-hydrogen) atoms. The number of hydrogen-bond donors (Lipinski definition) is 1. The molecule has 1 aliphatic heterocycles. The predicted molar refractivity (Wildman–Crippen MR) is 164 cm³/mol. The molecule has 3 aromatic carbocycles. The Bertz CT molecular complexity index is 1330. The number of carbonyl (C=O) groups excluding carboxylic acids is 3. The molecule has 8 nitrogen and oxygen atoms in total. The summed E-state index contributed by atoms with van der Waals surface area (Å²) in [6.45, 7) is 5.14. The lowest BCUT2D eigenvalue weighted by Gasteiger charge is -2.25. The van der Waals surface area contributed by atoms with Crippen LogP contribution in [0.4, 0.5) is 15.3 Å². The summed E-state index contributed by atoms with van der Waals surface area (Å²) in [6, 6.07) is 25.0. The first-order valence-corrected chi connectivity index (χ1v) is 14.8. The highest BCUT2D eigenvalue weighted by Gasteiger charge is 2.41. The lowest BCUT2D eigenvalue weighted by atomic mass is 10.00. The molecule has 0 radical (unpaired) electrons. The maximum Gasteiger partial charge on any atom is 0.417 e. The smallest absolute Gasteiger partial charge is 0.417 e. The van der Waals surface area contributed by atoms with E-state index in [0.29, 0.717) is 26.0 Å². The van der Waals surface area contributed by atoms with Gasteiger partial charge >= 0.3 is 12.1 Å². The van der Waals surface area contributed by atoms with E-state index in [4.69, 9.17) is 9.47 Å². The average Bonchev–Trinajstić information content (AvgIpc) is 3.38. The van der Waals surface area contributed by atoms with Gasteiger partial charge in [0.1, 0.15) is 12.7 Å². The Balaban J connectivity index is 1.42. The Morgan fingerprint density at radius 2 is 1.74 bits per heavy atom. The highest BCUT2D eigenvalue weighted by molar-refractivity contribution is 5.96. The van der Waals surface area contributed by atoms with Gasteiger partial charge in [-0.1, -0.05) is 86.5 Å². The molecule has 1 fully saturated rings. The number of amides is 4. The molecule has 1 N–H and O–H groups in total. The molecule has 3 aromatic rings. The van der Waals surface area contributed by atoms with Crippen LogP contribution >= 0.6 is 0 Å². The van der Waals surface area contributed by atoms with Gasteiger partial charge in [-0.15, -0.1) is 0 Å². The maximum atomic E-state index is 13.6. The zero-order chi connectivity index (χ0) is 29.9. The largest absolute Gasteiger partial charge is 0.447 e. The Morgan fingerprint density at radius 3 is 2.45 bits per heavy atom. The minimum atomic E-state index is -0.808. The highest BCUT2D eigenvalue weighted by atomic mass is 16.6. The van der Waals surface area contributed by atoms with E-state index in [0.717, 1.165) is 47.2 Å². The second-order valence-corrected chi connectivity index (χ2v) is 10.5. The molecule has 1 aliphatic rings. The van der Waals surface area contributed by atoms with Crippen LogP contribution in [-0.2, 0) is 27.1 Å². The predicted octanol–water partition coefficient (Wildman–Crippen LogP) is 6.23. The number of carbonyl (C=O) groups is 3. The summed E-state index contributed by atoms with van der Waals surface area (Å²) in [4.78, 5) is 41.6. The highest BCUT2D eigenvalue weighted by Crippen LogP contribution is 2.26. The standard InChI is InChI=1S/C34H41N3O5/c1-4-6-10-20-35-33(39)36(3)29-15-11-14-28(23-29)27-18-16-26(17-19-27)22-31(41-5-2)32(38)37-30(24-42-34(37)40)21-25-12-8-7-9-13-25/h7-9,11-19,23,30-31H,4-6,10,20-22,24H2,1-3H3,(H,35,39)/t30-,31-/m0/s1. The van der Waals surface area contributed by atoms with E-state index in [1.165, 1.54) is 4.90 Å². The molecule has 2 atom stereocenters. The van der Waals surface area contributed by atoms with Crippen LogP contribution < -0.4 is 10.2 Å². The van der Waals surface area contributed by atoms with Gasteiger partial charge in [0.05, 0.1) is 6.04 Å². The number of ether oxygens (including phenoxy) is 2. The van der Waals surface area contributed by atoms with E-state index in [2.05, 4.69) is 12.2 Å². The first-order valence-electron chi connectivity index (χ1n) is 14.8. The zero-order valence-electron chi connectivity index (χ0n) is 24.8. The topological polar surface area (TPSA) is 88.2 Å². The Morgan fingerprint density at radius 1 is 0.976 bits per heavy atom. The monoisotopic (exact) mass is 571 g/mol. The van der Waals surface area contributed by atoms with Crippen molar-refractivity contribution in [1.82, 2.24) is 10.2 Å². The second-order valence-electron chi connectivity index (χ2n) is 10.5. The van der Waals surface area contributed by atoms with Gasteiger partial charge in [0.15, 0.2) is 0 Å². The number of urea groups is 1. The van der Waals surface area contributed by atoms with E-state index >= 15 is 0 Å². The van der Waals surface area contributed by atoms with Crippen molar-refractivity contribution in [3.8, 4) is 11.1 Å². The molecule has 0 aromatic heterocycles. The van der Waals surface area contributed by atoms with Crippen LogP contribution in [0.2, 0.25) is 0 Å². The fourth-order valence-electron chi connectivity index (χ4n) is 5.09. The van der Waals surface area contributed by atoms with Crippen molar-refractivity contribution in [3.05, 3.63) is 90.0 Å². The van der Waals surface area contributed by atoms with Gasteiger partial charge in [-0.3, -0.25) is 9.69 Å². The summed E-state index contributed by atoms with van der Waals surface area (Å²) in [5, 5.41) is 2.97. The van der Waals surface area contributed by atoms with Gasteiger partial charge in [0.25, 0.3) is 5.91 Å². The van der Waals surface area contributed by atoms with Crippen LogP contribution in [0.1, 0.15) is 44.2 Å². The van der Waals surface area contributed by atoms with Gasteiger partial charge in [0, 0.05) is 32.3 Å². The Kier molecular flexibility index (Phi) is 11.1. The van der Waals surface area contributed by atoms with Crippen LogP contribution in [0.3, 0.4) is 0 Å². The number of unbranched alkanes of at least 4 members (excludes halogenated alkanes) is 2. The molecule has 0 aliphatic carbocycles. The number of hydrogen-bond acceptors (Lipinski definition) is 5. The van der Waals surface area contributed by atoms with Gasteiger partial charge in [0.2, 0.25) is 0 Å². The van der Waals surface area contributed by atoms with Gasteiger partial charge in [-0.25, -0.2) is 14.5 Å². The quantitative estimate of drug-likeness (QED) is 0.246. The van der Waals surface area contributed by atoms with Crippen LogP contribution in [0.5, 0.6) is 0 Å². The Labute approximate surface area is 248 Å². The molecular formula is C34H41N3O5. The van der Waals surface area contributed by atoms with Crippen LogP contribution in [0, 0.1) is 0 Å². The number of benzene rings is 3. The number of nitrogens with one attached hydrogen (secondary N) is 1. The minimum absolute atomic E-state index is 0.127. The van der Waals surface area contributed by atoms with Crippen molar-refractivity contribution < 1.29 is 23.9 Å². The van der Waals surface area contributed by atoms with E-state index in [-0.39, 0.29) is 24.6 Å². The molecule has 4 rings (SSSR count). The molecule has 0 bridgehead atoms. The van der Waals surface area contributed by atoms with E-state index in [9.17, 15) is 14.4 Å². The molecule has 222 valence electrons. The van der Waals surface area contributed by atoms with Gasteiger partial charge in [-0.2, -0.15) is 0 Å². The summed E-state index contributed by atoms with van der Waals surface area (Å²) in [6.07, 6.45) is 2.59. The molecule has 0 saturated carbocycles. The molecule has 1 heterocycles. The molecular weight excluding hydrogens is 530 g/mol. The van der Waals surface area contributed by atoms with Crippen molar-refractivity contribution in [2.45, 2.75) is 58.1 Å². The van der Waals surface area contributed by atoms with Crippen LogP contribution in [-0.4, -0.2) is 61.9 Å². The third-order valence-corrected chi connectivity index (χ3v) is 7.46. The first kappa shape index (κ1) is 30.8. The molecule has 4 amide bonds. The van der Waals surface area contributed by atoms with Crippen molar-refractivity contribution in [2.24, 2.45) is 0 Å². The molecule has 1 saturated heterocycles. The minimum Gasteiger partial charge on any atom is -0.447 e. The van der Waals surface area contributed by atoms with Crippen molar-refractivity contribution >= 4 is 23.7 Å². The van der Waals surface area contributed by atoms with Crippen molar-refractivity contribution in [3.63, 3.8) is 0 Å². The third kappa shape index (κ3) is 7.97. The Hall–Kier alpha value is -4.17. The first-order chi connectivity index (χ1) is 20.4. The zero-order valence-corrected chi connectivity index (χ0v) is 24.8. The lowest BCUT2D eigenvalue weighted by molar-refractivity contribution is -0.141. The van der Waals surface area contributed by atoms with E-state index in [1.807, 2.05) is 85.8 Å². The fourth-order valence-corrected chi connectivity index (χ4v) is 5.09. The van der Waals surface area contributed by atoms with E-state index < -0.39 is 12.2 Å². The van der Waals surface area contributed by atoms with Crippen LogP contribution in [0.15, 0.2) is 78.9 Å². The van der Waals surface area contributed by atoms with Crippen molar-refractivity contribution in [1.29, 1.82) is 0 Å². The normalized spacial score (nSPS) is 15.3. The number of nitrogens with zero attached hydrogens (tertiary/aromatic N) is 2. The van der Waals surface area contributed by atoms with Gasteiger partial charge < -0.3 is 14.8 Å². The second kappa shape index (κ2) is 15.2. The summed E-state index contributed by atoms with van der Waals surface area (Å²) in [5.41, 5.74) is 4.71. The number of anilines is 1. The molecule has 8 heteroatoms. The number of rotatable bonds is 13. The third-order valence-electron chi connectivity index (χ3n) is 7.46. The number of imide groups is 1. The summed E-state index contributed by atoms with van der Waals surface area (Å²) < 4.78 is 11.1. The SMILES string of the molecule is CCCCCNC(=O)N(C)c1cccc(-c2ccc(C[C@H](OCC)C(=O)N3C(=O)OC[C@@H]3Cc3ccccc3)cc2)c1. The van der Waals surface area contributed by atoms with Crippen LogP contribution in [0.25, 0.3) is 11.1 Å². The van der Waals surface area contributed by atoms with Gasteiger partial charge in [-0.05, 0) is 54.2 Å². The maximum absolute atomic E-state index is 13.6.